The molecule has 0 heterocycles. The lowest BCUT2D eigenvalue weighted by Crippen LogP contribution is -2.01. The molecule has 0 aromatic heterocycles. The first-order valence-electron chi connectivity index (χ1n) is 5.40. The van der Waals surface area contributed by atoms with E-state index in [4.69, 9.17) is 10.5 Å². The SMILES string of the molecule is COC/C(=C/c1cccc(F)c1)CCCN. The normalized spacial score (nSPS) is 11.8. The predicted molar refractivity (Wildman–Crippen MR) is 64.5 cm³/mol. The minimum absolute atomic E-state index is 0.218. The summed E-state index contributed by atoms with van der Waals surface area (Å²) in [4.78, 5) is 0. The molecule has 3 heteroatoms. The molecule has 0 saturated carbocycles. The molecule has 0 aliphatic rings. The van der Waals surface area contributed by atoms with Gasteiger partial charge in [0.05, 0.1) is 6.61 Å². The van der Waals surface area contributed by atoms with Crippen molar-refractivity contribution in [2.24, 2.45) is 5.73 Å². The number of rotatable bonds is 6. The highest BCUT2D eigenvalue weighted by Crippen LogP contribution is 2.13. The third kappa shape index (κ3) is 4.55. The summed E-state index contributed by atoms with van der Waals surface area (Å²) in [5.74, 6) is -0.218. The van der Waals surface area contributed by atoms with Crippen LogP contribution in [0, 0.1) is 5.82 Å². The van der Waals surface area contributed by atoms with Crippen molar-refractivity contribution in [1.82, 2.24) is 0 Å². The largest absolute Gasteiger partial charge is 0.380 e. The quantitative estimate of drug-likeness (QED) is 0.804. The van der Waals surface area contributed by atoms with Crippen molar-refractivity contribution in [3.05, 3.63) is 41.2 Å². The second kappa shape index (κ2) is 7.14. The summed E-state index contributed by atoms with van der Waals surface area (Å²) in [5, 5.41) is 0. The van der Waals surface area contributed by atoms with Gasteiger partial charge in [0.25, 0.3) is 0 Å². The minimum Gasteiger partial charge on any atom is -0.380 e. The second-order valence-corrected chi connectivity index (χ2v) is 3.68. The van der Waals surface area contributed by atoms with E-state index in [0.717, 1.165) is 24.0 Å². The van der Waals surface area contributed by atoms with Crippen LogP contribution in [0.3, 0.4) is 0 Å². The van der Waals surface area contributed by atoms with Gasteiger partial charge in [-0.2, -0.15) is 0 Å². The standard InChI is InChI=1S/C13H18FNO/c1-16-10-12(5-3-7-15)8-11-4-2-6-13(14)9-11/h2,4,6,8-9H,3,5,7,10,15H2,1H3/b12-8+. The van der Waals surface area contributed by atoms with Crippen LogP contribution in [-0.4, -0.2) is 20.3 Å². The van der Waals surface area contributed by atoms with Gasteiger partial charge in [0.15, 0.2) is 0 Å². The van der Waals surface area contributed by atoms with Gasteiger partial charge >= 0.3 is 0 Å². The Morgan fingerprint density at radius 3 is 2.94 bits per heavy atom. The van der Waals surface area contributed by atoms with Crippen LogP contribution < -0.4 is 5.73 Å². The molecule has 16 heavy (non-hydrogen) atoms. The summed E-state index contributed by atoms with van der Waals surface area (Å²) in [7, 11) is 1.65. The number of benzene rings is 1. The molecule has 0 spiro atoms. The maximum atomic E-state index is 13.0. The second-order valence-electron chi connectivity index (χ2n) is 3.68. The lowest BCUT2D eigenvalue weighted by atomic mass is 10.1. The molecule has 2 nitrogen and oxygen atoms in total. The first-order chi connectivity index (χ1) is 7.76. The molecule has 0 aliphatic heterocycles. The van der Waals surface area contributed by atoms with E-state index in [1.54, 1.807) is 13.2 Å². The van der Waals surface area contributed by atoms with E-state index in [0.29, 0.717) is 13.2 Å². The number of ether oxygens (including phenoxy) is 1. The summed E-state index contributed by atoms with van der Waals surface area (Å²) < 4.78 is 18.1. The molecule has 0 bridgehead atoms. The number of methoxy groups -OCH3 is 1. The van der Waals surface area contributed by atoms with Gasteiger partial charge in [0.1, 0.15) is 5.82 Å². The zero-order chi connectivity index (χ0) is 11.8. The molecule has 0 aliphatic carbocycles. The molecule has 0 radical (unpaired) electrons. The predicted octanol–water partition coefficient (Wildman–Crippen LogP) is 2.59. The average molecular weight is 223 g/mol. The summed E-state index contributed by atoms with van der Waals surface area (Å²) in [6, 6.07) is 6.53. The summed E-state index contributed by atoms with van der Waals surface area (Å²) in [5.41, 5.74) is 7.46. The molecule has 0 saturated heterocycles. The van der Waals surface area contributed by atoms with Gasteiger partial charge in [-0.1, -0.05) is 18.2 Å². The van der Waals surface area contributed by atoms with Gasteiger partial charge in [-0.3, -0.25) is 0 Å². The fourth-order valence-corrected chi connectivity index (χ4v) is 1.53. The topological polar surface area (TPSA) is 35.2 Å². The van der Waals surface area contributed by atoms with E-state index in [1.165, 1.54) is 12.1 Å². The van der Waals surface area contributed by atoms with E-state index in [1.807, 2.05) is 12.1 Å². The van der Waals surface area contributed by atoms with Gasteiger partial charge in [-0.25, -0.2) is 4.39 Å². The molecule has 0 unspecified atom stereocenters. The van der Waals surface area contributed by atoms with Gasteiger partial charge in [0, 0.05) is 7.11 Å². The van der Waals surface area contributed by atoms with Crippen LogP contribution in [-0.2, 0) is 4.74 Å². The van der Waals surface area contributed by atoms with Gasteiger partial charge in [0.2, 0.25) is 0 Å². The molecule has 1 rings (SSSR count). The zero-order valence-electron chi connectivity index (χ0n) is 9.58. The fourth-order valence-electron chi connectivity index (χ4n) is 1.53. The Kier molecular flexibility index (Phi) is 5.75. The van der Waals surface area contributed by atoms with E-state index in [2.05, 4.69) is 0 Å². The van der Waals surface area contributed by atoms with Crippen molar-refractivity contribution in [2.75, 3.05) is 20.3 Å². The molecular formula is C13H18FNO. The molecule has 0 amide bonds. The Morgan fingerprint density at radius 2 is 2.31 bits per heavy atom. The summed E-state index contributed by atoms with van der Waals surface area (Å²) in [6.07, 6.45) is 3.77. The van der Waals surface area contributed by atoms with Gasteiger partial charge in [-0.15, -0.1) is 0 Å². The van der Waals surface area contributed by atoms with Crippen LogP contribution >= 0.6 is 0 Å². The maximum Gasteiger partial charge on any atom is 0.123 e. The van der Waals surface area contributed by atoms with Gasteiger partial charge < -0.3 is 10.5 Å². The Balaban J connectivity index is 2.75. The molecule has 2 N–H and O–H groups in total. The van der Waals surface area contributed by atoms with Crippen molar-refractivity contribution in [3.63, 3.8) is 0 Å². The molecule has 0 fully saturated rings. The molecule has 1 aromatic carbocycles. The molecular weight excluding hydrogens is 205 g/mol. The number of halogens is 1. The van der Waals surface area contributed by atoms with Crippen molar-refractivity contribution in [2.45, 2.75) is 12.8 Å². The Hall–Kier alpha value is -1.19. The maximum absolute atomic E-state index is 13.0. The van der Waals surface area contributed by atoms with Gasteiger partial charge in [-0.05, 0) is 42.7 Å². The van der Waals surface area contributed by atoms with E-state index in [9.17, 15) is 4.39 Å². The van der Waals surface area contributed by atoms with Crippen molar-refractivity contribution in [1.29, 1.82) is 0 Å². The Labute approximate surface area is 95.9 Å². The van der Waals surface area contributed by atoms with Crippen molar-refractivity contribution >= 4 is 6.08 Å². The molecule has 0 atom stereocenters. The summed E-state index contributed by atoms with van der Waals surface area (Å²) in [6.45, 7) is 1.22. The average Bonchev–Trinajstić information content (AvgIpc) is 2.26. The van der Waals surface area contributed by atoms with E-state index in [-0.39, 0.29) is 5.82 Å². The van der Waals surface area contributed by atoms with Crippen molar-refractivity contribution < 1.29 is 9.13 Å². The van der Waals surface area contributed by atoms with Crippen LogP contribution in [0.5, 0.6) is 0 Å². The van der Waals surface area contributed by atoms with Crippen LogP contribution in [0.2, 0.25) is 0 Å². The number of nitrogens with two attached hydrogens (primary N) is 1. The molecule has 1 aromatic rings. The van der Waals surface area contributed by atoms with E-state index >= 15 is 0 Å². The first kappa shape index (κ1) is 12.9. The third-order valence-electron chi connectivity index (χ3n) is 2.25. The lowest BCUT2D eigenvalue weighted by molar-refractivity contribution is 0.223. The highest BCUT2D eigenvalue weighted by molar-refractivity contribution is 5.52. The number of hydrogen-bond donors (Lipinski definition) is 1. The Bertz CT molecular complexity index is 350. The van der Waals surface area contributed by atoms with Crippen molar-refractivity contribution in [3.8, 4) is 0 Å². The zero-order valence-corrected chi connectivity index (χ0v) is 9.58. The highest BCUT2D eigenvalue weighted by Gasteiger charge is 1.98. The van der Waals surface area contributed by atoms with Crippen LogP contribution in [0.15, 0.2) is 29.8 Å². The monoisotopic (exact) mass is 223 g/mol. The molecule has 88 valence electrons. The lowest BCUT2D eigenvalue weighted by Gasteiger charge is -2.06. The fraction of sp³-hybridized carbons (Fsp3) is 0.385. The third-order valence-corrected chi connectivity index (χ3v) is 2.25. The van der Waals surface area contributed by atoms with E-state index < -0.39 is 0 Å². The van der Waals surface area contributed by atoms with Crippen LogP contribution in [0.25, 0.3) is 6.08 Å². The smallest absolute Gasteiger partial charge is 0.123 e. The van der Waals surface area contributed by atoms with Crippen LogP contribution in [0.1, 0.15) is 18.4 Å². The highest BCUT2D eigenvalue weighted by atomic mass is 19.1. The summed E-state index contributed by atoms with van der Waals surface area (Å²) >= 11 is 0. The van der Waals surface area contributed by atoms with Crippen LogP contribution in [0.4, 0.5) is 4.39 Å². The minimum atomic E-state index is -0.218. The Morgan fingerprint density at radius 1 is 1.50 bits per heavy atom. The number of hydrogen-bond acceptors (Lipinski definition) is 2. The first-order valence-corrected chi connectivity index (χ1v) is 5.40.